The third-order valence-electron chi connectivity index (χ3n) is 3.21. The molecule has 0 aromatic heterocycles. The molecule has 1 aliphatic rings. The monoisotopic (exact) mass is 289 g/mol. The van der Waals surface area contributed by atoms with Crippen molar-refractivity contribution >= 4 is 11.4 Å². The lowest BCUT2D eigenvalue weighted by molar-refractivity contribution is -0.384. The highest BCUT2D eigenvalue weighted by atomic mass is 19.4. The SMILES string of the molecule is C[C@H]1CN(c2ccc(C(F)(F)F)cc2[N+](=O)[O-])CCN1. The Balaban J connectivity index is 2.40. The minimum absolute atomic E-state index is 0.130. The Hall–Kier alpha value is -1.83. The zero-order chi connectivity index (χ0) is 14.9. The summed E-state index contributed by atoms with van der Waals surface area (Å²) in [5, 5.41) is 14.2. The van der Waals surface area contributed by atoms with Gasteiger partial charge >= 0.3 is 6.18 Å². The van der Waals surface area contributed by atoms with Crippen molar-refractivity contribution in [2.24, 2.45) is 0 Å². The molecule has 2 rings (SSSR count). The molecule has 20 heavy (non-hydrogen) atoms. The van der Waals surface area contributed by atoms with Crippen molar-refractivity contribution in [1.29, 1.82) is 0 Å². The van der Waals surface area contributed by atoms with E-state index in [4.69, 9.17) is 0 Å². The second kappa shape index (κ2) is 5.28. The Morgan fingerprint density at radius 3 is 2.70 bits per heavy atom. The number of nitrogens with one attached hydrogen (secondary N) is 1. The van der Waals surface area contributed by atoms with Crippen molar-refractivity contribution in [2.45, 2.75) is 19.1 Å². The van der Waals surface area contributed by atoms with E-state index in [0.717, 1.165) is 6.07 Å². The first-order chi connectivity index (χ1) is 9.29. The average molecular weight is 289 g/mol. The number of benzene rings is 1. The van der Waals surface area contributed by atoms with E-state index in [1.54, 1.807) is 4.90 Å². The highest BCUT2D eigenvalue weighted by Gasteiger charge is 2.34. The van der Waals surface area contributed by atoms with E-state index in [0.29, 0.717) is 25.7 Å². The molecule has 1 saturated heterocycles. The van der Waals surface area contributed by atoms with Crippen molar-refractivity contribution in [1.82, 2.24) is 5.32 Å². The van der Waals surface area contributed by atoms with Crippen LogP contribution in [0.25, 0.3) is 0 Å². The Kier molecular flexibility index (Phi) is 3.85. The smallest absolute Gasteiger partial charge is 0.363 e. The van der Waals surface area contributed by atoms with E-state index >= 15 is 0 Å². The quantitative estimate of drug-likeness (QED) is 0.671. The van der Waals surface area contributed by atoms with Gasteiger partial charge < -0.3 is 10.2 Å². The molecule has 1 N–H and O–H groups in total. The summed E-state index contributed by atoms with van der Waals surface area (Å²) >= 11 is 0. The number of anilines is 1. The Morgan fingerprint density at radius 2 is 2.15 bits per heavy atom. The Bertz CT molecular complexity index is 519. The first kappa shape index (κ1) is 14.6. The number of nitro benzene ring substituents is 1. The minimum atomic E-state index is -4.58. The van der Waals surface area contributed by atoms with Crippen molar-refractivity contribution in [3.8, 4) is 0 Å². The number of piperazine rings is 1. The lowest BCUT2D eigenvalue weighted by Crippen LogP contribution is -2.49. The molecule has 0 aliphatic carbocycles. The molecule has 1 aromatic carbocycles. The minimum Gasteiger partial charge on any atom is -0.363 e. The summed E-state index contributed by atoms with van der Waals surface area (Å²) in [6.07, 6.45) is -4.58. The topological polar surface area (TPSA) is 58.4 Å². The van der Waals surface area contributed by atoms with Crippen LogP contribution >= 0.6 is 0 Å². The second-order valence-corrected chi connectivity index (χ2v) is 4.76. The fourth-order valence-corrected chi connectivity index (χ4v) is 2.26. The molecule has 1 fully saturated rings. The fourth-order valence-electron chi connectivity index (χ4n) is 2.26. The lowest BCUT2D eigenvalue weighted by atomic mass is 10.1. The van der Waals surface area contributed by atoms with Crippen LogP contribution in [0.3, 0.4) is 0 Å². The number of hydrogen-bond acceptors (Lipinski definition) is 4. The molecule has 0 radical (unpaired) electrons. The molecule has 1 atom stereocenters. The standard InChI is InChI=1S/C12H14F3N3O2/c1-8-7-17(5-4-16-8)10-3-2-9(12(13,14)15)6-11(10)18(19)20/h2-3,6,8,16H,4-5,7H2,1H3/t8-/m0/s1. The molecule has 0 amide bonds. The maximum Gasteiger partial charge on any atom is 0.416 e. The van der Waals surface area contributed by atoms with Crippen LogP contribution in [0, 0.1) is 10.1 Å². The van der Waals surface area contributed by atoms with Gasteiger partial charge in [0.05, 0.1) is 10.5 Å². The van der Waals surface area contributed by atoms with E-state index in [1.165, 1.54) is 6.07 Å². The molecule has 1 aromatic rings. The van der Waals surface area contributed by atoms with Gasteiger partial charge in [0.15, 0.2) is 0 Å². The molecule has 0 unspecified atom stereocenters. The maximum atomic E-state index is 12.6. The number of hydrogen-bond donors (Lipinski definition) is 1. The molecule has 0 spiro atoms. The highest BCUT2D eigenvalue weighted by Crippen LogP contribution is 2.36. The van der Waals surface area contributed by atoms with Gasteiger partial charge in [-0.1, -0.05) is 0 Å². The summed E-state index contributed by atoms with van der Waals surface area (Å²) in [5.74, 6) is 0. The largest absolute Gasteiger partial charge is 0.416 e. The van der Waals surface area contributed by atoms with Crippen LogP contribution in [0.2, 0.25) is 0 Å². The van der Waals surface area contributed by atoms with E-state index in [2.05, 4.69) is 5.32 Å². The molecular formula is C12H14F3N3O2. The highest BCUT2D eigenvalue weighted by molar-refractivity contribution is 5.65. The molecule has 0 saturated carbocycles. The number of alkyl halides is 3. The van der Waals surface area contributed by atoms with Crippen molar-refractivity contribution < 1.29 is 18.1 Å². The van der Waals surface area contributed by atoms with Gasteiger partial charge in [0.1, 0.15) is 5.69 Å². The van der Waals surface area contributed by atoms with Crippen LogP contribution in [-0.2, 0) is 6.18 Å². The summed E-state index contributed by atoms with van der Waals surface area (Å²) in [4.78, 5) is 12.0. The summed E-state index contributed by atoms with van der Waals surface area (Å²) in [7, 11) is 0. The number of nitro groups is 1. The van der Waals surface area contributed by atoms with Gasteiger partial charge in [0.2, 0.25) is 0 Å². The predicted octanol–water partition coefficient (Wildman–Crippen LogP) is 2.41. The van der Waals surface area contributed by atoms with Crippen molar-refractivity contribution in [3.63, 3.8) is 0 Å². The van der Waals surface area contributed by atoms with Crippen LogP contribution in [0.1, 0.15) is 12.5 Å². The van der Waals surface area contributed by atoms with Crippen LogP contribution in [0.5, 0.6) is 0 Å². The normalized spacial score (nSPS) is 20.0. The predicted molar refractivity (Wildman–Crippen MR) is 67.8 cm³/mol. The molecule has 5 nitrogen and oxygen atoms in total. The molecule has 110 valence electrons. The van der Waals surface area contributed by atoms with Crippen molar-refractivity contribution in [2.75, 3.05) is 24.5 Å². The van der Waals surface area contributed by atoms with Crippen LogP contribution in [-0.4, -0.2) is 30.6 Å². The third kappa shape index (κ3) is 3.01. The van der Waals surface area contributed by atoms with Gasteiger partial charge in [-0.3, -0.25) is 10.1 Å². The number of rotatable bonds is 2. The molecule has 1 heterocycles. The second-order valence-electron chi connectivity index (χ2n) is 4.76. The number of halogens is 3. The summed E-state index contributed by atoms with van der Waals surface area (Å²) < 4.78 is 37.9. The summed E-state index contributed by atoms with van der Waals surface area (Å²) in [5.41, 5.74) is -1.28. The van der Waals surface area contributed by atoms with Crippen LogP contribution < -0.4 is 10.2 Å². The van der Waals surface area contributed by atoms with Gasteiger partial charge in [-0.25, -0.2) is 0 Å². The molecular weight excluding hydrogens is 275 g/mol. The molecule has 0 bridgehead atoms. The van der Waals surface area contributed by atoms with Crippen molar-refractivity contribution in [3.05, 3.63) is 33.9 Å². The first-order valence-electron chi connectivity index (χ1n) is 6.13. The summed E-state index contributed by atoms with van der Waals surface area (Å²) in [6.45, 7) is 3.60. The van der Waals surface area contributed by atoms with Crippen LogP contribution in [0.4, 0.5) is 24.5 Å². The first-order valence-corrected chi connectivity index (χ1v) is 6.13. The van der Waals surface area contributed by atoms with Crippen LogP contribution in [0.15, 0.2) is 18.2 Å². The fraction of sp³-hybridized carbons (Fsp3) is 0.500. The molecule has 8 heteroatoms. The molecule has 1 aliphatic heterocycles. The van der Waals surface area contributed by atoms with Gasteiger partial charge in [0.25, 0.3) is 5.69 Å². The zero-order valence-corrected chi connectivity index (χ0v) is 10.8. The van der Waals surface area contributed by atoms with Gasteiger partial charge in [-0.15, -0.1) is 0 Å². The Morgan fingerprint density at radius 1 is 1.45 bits per heavy atom. The zero-order valence-electron chi connectivity index (χ0n) is 10.8. The van der Waals surface area contributed by atoms with E-state index in [9.17, 15) is 23.3 Å². The number of nitrogens with zero attached hydrogens (tertiary/aromatic N) is 2. The Labute approximate surface area is 113 Å². The van der Waals surface area contributed by atoms with E-state index in [1.807, 2.05) is 6.92 Å². The third-order valence-corrected chi connectivity index (χ3v) is 3.21. The van der Waals surface area contributed by atoms with Gasteiger partial charge in [-0.2, -0.15) is 13.2 Å². The van der Waals surface area contributed by atoms with Gasteiger partial charge in [0, 0.05) is 31.7 Å². The average Bonchev–Trinajstić information content (AvgIpc) is 2.37. The van der Waals surface area contributed by atoms with Gasteiger partial charge in [-0.05, 0) is 19.1 Å². The summed E-state index contributed by atoms with van der Waals surface area (Å²) in [6, 6.07) is 2.79. The van der Waals surface area contributed by atoms with E-state index < -0.39 is 22.4 Å². The van der Waals surface area contributed by atoms with E-state index in [-0.39, 0.29) is 11.7 Å². The maximum absolute atomic E-state index is 12.6. The lowest BCUT2D eigenvalue weighted by Gasteiger charge is -2.33.